The molecule has 3 rings (SSSR count). The van der Waals surface area contributed by atoms with Crippen LogP contribution in [-0.2, 0) is 16.0 Å². The summed E-state index contributed by atoms with van der Waals surface area (Å²) >= 11 is 0. The number of carbonyl (C=O) groups is 3. The van der Waals surface area contributed by atoms with Gasteiger partial charge in [-0.1, -0.05) is 19.8 Å². The zero-order valence-electron chi connectivity index (χ0n) is 16.8. The van der Waals surface area contributed by atoms with Crippen LogP contribution in [-0.4, -0.2) is 48.3 Å². The van der Waals surface area contributed by atoms with Crippen LogP contribution in [0.25, 0.3) is 0 Å². The molecule has 2 N–H and O–H groups in total. The summed E-state index contributed by atoms with van der Waals surface area (Å²) in [4.78, 5) is 38.3. The van der Waals surface area contributed by atoms with Gasteiger partial charge in [-0.25, -0.2) is 0 Å². The molecule has 1 heterocycles. The lowest BCUT2D eigenvalue weighted by Crippen LogP contribution is -2.55. The first kappa shape index (κ1) is 20.4. The smallest absolute Gasteiger partial charge is 0.257 e. The molecule has 0 unspecified atom stereocenters. The molecule has 1 aromatic rings. The molecule has 0 aromatic carbocycles. The van der Waals surface area contributed by atoms with Gasteiger partial charge in [0.2, 0.25) is 11.8 Å². The molecular weight excluding hydrogens is 358 g/mol. The molecule has 1 aromatic heterocycles. The molecular formula is C21H31N3O4. The van der Waals surface area contributed by atoms with Crippen molar-refractivity contribution < 1.29 is 18.8 Å². The van der Waals surface area contributed by atoms with Crippen LogP contribution in [0.3, 0.4) is 0 Å². The van der Waals surface area contributed by atoms with E-state index in [1.54, 1.807) is 24.3 Å². The Kier molecular flexibility index (Phi) is 6.75. The first-order valence-electron chi connectivity index (χ1n) is 10.4. The summed E-state index contributed by atoms with van der Waals surface area (Å²) < 4.78 is 5.34. The van der Waals surface area contributed by atoms with E-state index in [2.05, 4.69) is 10.6 Å². The van der Waals surface area contributed by atoms with Gasteiger partial charge in [-0.05, 0) is 37.7 Å². The third-order valence-corrected chi connectivity index (χ3v) is 6.04. The van der Waals surface area contributed by atoms with E-state index >= 15 is 0 Å². The third kappa shape index (κ3) is 4.94. The minimum Gasteiger partial charge on any atom is -0.469 e. The van der Waals surface area contributed by atoms with Crippen LogP contribution in [0.1, 0.15) is 68.0 Å². The molecule has 7 heteroatoms. The Morgan fingerprint density at radius 1 is 1.18 bits per heavy atom. The van der Waals surface area contributed by atoms with Crippen LogP contribution in [0.15, 0.2) is 16.7 Å². The van der Waals surface area contributed by atoms with Gasteiger partial charge >= 0.3 is 0 Å². The van der Waals surface area contributed by atoms with Crippen LogP contribution in [0.2, 0.25) is 0 Å². The van der Waals surface area contributed by atoms with E-state index in [-0.39, 0.29) is 36.3 Å². The minimum absolute atomic E-state index is 0.0242. The molecule has 0 radical (unpaired) electrons. The average molecular weight is 389 g/mol. The van der Waals surface area contributed by atoms with Crippen molar-refractivity contribution in [2.45, 2.75) is 70.4 Å². The maximum Gasteiger partial charge on any atom is 0.257 e. The van der Waals surface area contributed by atoms with Gasteiger partial charge in [0.05, 0.1) is 18.4 Å². The monoisotopic (exact) mass is 389 g/mol. The van der Waals surface area contributed by atoms with Gasteiger partial charge in [-0.2, -0.15) is 0 Å². The fraction of sp³-hybridized carbons (Fsp3) is 0.667. The Morgan fingerprint density at radius 3 is 2.57 bits per heavy atom. The molecule has 0 aliphatic heterocycles. The van der Waals surface area contributed by atoms with Gasteiger partial charge in [0.25, 0.3) is 5.91 Å². The molecule has 2 aliphatic carbocycles. The second kappa shape index (κ2) is 9.26. The van der Waals surface area contributed by atoms with E-state index in [0.29, 0.717) is 30.1 Å². The molecule has 3 amide bonds. The number of rotatable bonds is 8. The lowest BCUT2D eigenvalue weighted by atomic mass is 9.85. The van der Waals surface area contributed by atoms with Gasteiger partial charge in [0.15, 0.2) is 0 Å². The Bertz CT molecular complexity index is 702. The Morgan fingerprint density at radius 2 is 1.89 bits per heavy atom. The van der Waals surface area contributed by atoms with Gasteiger partial charge in [0, 0.05) is 32.0 Å². The van der Waals surface area contributed by atoms with Gasteiger partial charge in [-0.3, -0.25) is 14.4 Å². The summed E-state index contributed by atoms with van der Waals surface area (Å²) in [6.07, 6.45) is 8.85. The maximum absolute atomic E-state index is 12.6. The van der Waals surface area contributed by atoms with Crippen molar-refractivity contribution in [3.05, 3.63) is 23.7 Å². The van der Waals surface area contributed by atoms with Crippen molar-refractivity contribution in [3.63, 3.8) is 0 Å². The summed E-state index contributed by atoms with van der Waals surface area (Å²) in [5, 5.41) is 5.66. The zero-order valence-corrected chi connectivity index (χ0v) is 16.8. The topological polar surface area (TPSA) is 91.7 Å². The van der Waals surface area contributed by atoms with Crippen molar-refractivity contribution in [1.82, 2.24) is 15.5 Å². The molecule has 0 spiro atoms. The highest BCUT2D eigenvalue weighted by atomic mass is 16.3. The Balaban J connectivity index is 1.35. The van der Waals surface area contributed by atoms with Crippen molar-refractivity contribution in [3.8, 4) is 0 Å². The third-order valence-electron chi connectivity index (χ3n) is 6.04. The number of hydrogen-bond acceptors (Lipinski definition) is 4. The van der Waals surface area contributed by atoms with E-state index in [0.717, 1.165) is 25.7 Å². The minimum atomic E-state index is -0.166. The number of furan rings is 1. The number of nitrogens with zero attached hydrogens (tertiary/aromatic N) is 1. The fourth-order valence-corrected chi connectivity index (χ4v) is 4.19. The van der Waals surface area contributed by atoms with Crippen molar-refractivity contribution >= 4 is 17.7 Å². The van der Waals surface area contributed by atoms with Gasteiger partial charge in [-0.15, -0.1) is 0 Å². The molecule has 0 atom stereocenters. The summed E-state index contributed by atoms with van der Waals surface area (Å²) in [6.45, 7) is 1.98. The van der Waals surface area contributed by atoms with E-state index < -0.39 is 0 Å². The SMILES string of the molecule is CCc1occc1C(=O)N(C)C1CC(NC(=O)CNC(=O)CC2CCCC2)C1. The molecule has 0 saturated heterocycles. The number of nitrogens with one attached hydrogen (secondary N) is 2. The lowest BCUT2D eigenvalue weighted by molar-refractivity contribution is -0.127. The molecule has 154 valence electrons. The van der Waals surface area contributed by atoms with Gasteiger partial charge < -0.3 is 20.0 Å². The number of carbonyl (C=O) groups excluding carboxylic acids is 3. The predicted octanol–water partition coefficient (Wildman–Crippen LogP) is 2.26. The number of aryl methyl sites for hydroxylation is 1. The average Bonchev–Trinajstić information content (AvgIpc) is 3.32. The van der Waals surface area contributed by atoms with Crippen LogP contribution >= 0.6 is 0 Å². The van der Waals surface area contributed by atoms with Gasteiger partial charge in [0.1, 0.15) is 5.76 Å². The number of hydrogen-bond donors (Lipinski definition) is 2. The molecule has 28 heavy (non-hydrogen) atoms. The normalized spacial score (nSPS) is 21.8. The Hall–Kier alpha value is -2.31. The van der Waals surface area contributed by atoms with Crippen LogP contribution in [0.5, 0.6) is 0 Å². The summed E-state index contributed by atoms with van der Waals surface area (Å²) in [6, 6.07) is 1.87. The van der Waals surface area contributed by atoms with E-state index in [9.17, 15) is 14.4 Å². The second-order valence-electron chi connectivity index (χ2n) is 8.05. The van der Waals surface area contributed by atoms with Crippen molar-refractivity contribution in [2.75, 3.05) is 13.6 Å². The lowest BCUT2D eigenvalue weighted by Gasteiger charge is -2.41. The molecule has 7 nitrogen and oxygen atoms in total. The zero-order chi connectivity index (χ0) is 20.1. The standard InChI is InChI=1S/C21H31N3O4/c1-3-18-17(8-9-28-18)21(27)24(2)16-11-15(12-16)23-20(26)13-22-19(25)10-14-6-4-5-7-14/h8-9,14-16H,3-7,10-13H2,1-2H3,(H,22,25)(H,23,26). The van der Waals surface area contributed by atoms with Crippen molar-refractivity contribution in [1.29, 1.82) is 0 Å². The highest BCUT2D eigenvalue weighted by molar-refractivity contribution is 5.95. The number of amides is 3. The summed E-state index contributed by atoms with van der Waals surface area (Å²) in [5.74, 6) is 0.937. The van der Waals surface area contributed by atoms with E-state index in [4.69, 9.17) is 4.42 Å². The highest BCUT2D eigenvalue weighted by Gasteiger charge is 2.36. The first-order valence-corrected chi connectivity index (χ1v) is 10.4. The molecule has 2 fully saturated rings. The van der Waals surface area contributed by atoms with E-state index in [1.165, 1.54) is 12.8 Å². The largest absolute Gasteiger partial charge is 0.469 e. The quantitative estimate of drug-likeness (QED) is 0.713. The predicted molar refractivity (Wildman–Crippen MR) is 105 cm³/mol. The van der Waals surface area contributed by atoms with Crippen molar-refractivity contribution in [2.24, 2.45) is 5.92 Å². The second-order valence-corrected chi connectivity index (χ2v) is 8.05. The first-order chi connectivity index (χ1) is 13.5. The fourth-order valence-electron chi connectivity index (χ4n) is 4.19. The summed E-state index contributed by atoms with van der Waals surface area (Å²) in [7, 11) is 1.79. The highest BCUT2D eigenvalue weighted by Crippen LogP contribution is 2.28. The summed E-state index contributed by atoms with van der Waals surface area (Å²) in [5.41, 5.74) is 0.613. The molecule has 0 bridgehead atoms. The van der Waals surface area contributed by atoms with E-state index in [1.807, 2.05) is 6.92 Å². The van der Waals surface area contributed by atoms with Crippen LogP contribution in [0, 0.1) is 5.92 Å². The van der Waals surface area contributed by atoms with Crippen LogP contribution in [0.4, 0.5) is 0 Å². The molecule has 2 saturated carbocycles. The van der Waals surface area contributed by atoms with Crippen LogP contribution < -0.4 is 10.6 Å². The molecule has 2 aliphatic rings. The maximum atomic E-state index is 12.6. The Labute approximate surface area is 166 Å².